The fourth-order valence-electron chi connectivity index (χ4n) is 2.75. The standard InChI is InChI=1S/C21H27NO2/c1-6-19(17-9-8-14(3)15(4)12-17)22-21(23)18-10-11-20(24-7-2)16(5)13-18/h8-13,19H,6-7H2,1-5H3,(H,22,23)/t19-/m0/s1. The van der Waals surface area contributed by atoms with Gasteiger partial charge in [-0.1, -0.05) is 25.1 Å². The van der Waals surface area contributed by atoms with Crippen LogP contribution in [0, 0.1) is 20.8 Å². The first kappa shape index (κ1) is 18.1. The summed E-state index contributed by atoms with van der Waals surface area (Å²) >= 11 is 0. The fourth-order valence-corrected chi connectivity index (χ4v) is 2.75. The Morgan fingerprint density at radius 1 is 1.00 bits per heavy atom. The van der Waals surface area contributed by atoms with E-state index in [1.807, 2.05) is 32.0 Å². The van der Waals surface area contributed by atoms with Crippen molar-refractivity contribution in [3.8, 4) is 5.75 Å². The third kappa shape index (κ3) is 4.16. The molecule has 0 fully saturated rings. The maximum atomic E-state index is 12.6. The van der Waals surface area contributed by atoms with Crippen LogP contribution >= 0.6 is 0 Å². The highest BCUT2D eigenvalue weighted by atomic mass is 16.5. The Balaban J connectivity index is 2.17. The lowest BCUT2D eigenvalue weighted by Crippen LogP contribution is -2.28. The summed E-state index contributed by atoms with van der Waals surface area (Å²) in [5, 5.41) is 3.14. The summed E-state index contributed by atoms with van der Waals surface area (Å²) in [4.78, 5) is 12.6. The van der Waals surface area contributed by atoms with Crippen LogP contribution in [-0.2, 0) is 0 Å². The molecule has 0 unspecified atom stereocenters. The van der Waals surface area contributed by atoms with Crippen LogP contribution in [0.25, 0.3) is 0 Å². The molecular formula is C21H27NO2. The van der Waals surface area contributed by atoms with Gasteiger partial charge in [0.2, 0.25) is 0 Å². The molecule has 0 heterocycles. The van der Waals surface area contributed by atoms with E-state index in [1.54, 1.807) is 0 Å². The molecule has 0 aliphatic carbocycles. The minimum atomic E-state index is -0.0498. The zero-order valence-electron chi connectivity index (χ0n) is 15.3. The molecule has 0 aromatic heterocycles. The Kier molecular flexibility index (Phi) is 6.02. The minimum Gasteiger partial charge on any atom is -0.494 e. The van der Waals surface area contributed by atoms with Gasteiger partial charge in [-0.15, -0.1) is 0 Å². The van der Waals surface area contributed by atoms with E-state index in [1.165, 1.54) is 11.1 Å². The van der Waals surface area contributed by atoms with Crippen LogP contribution in [0.4, 0.5) is 0 Å². The summed E-state index contributed by atoms with van der Waals surface area (Å²) in [5.74, 6) is 0.779. The summed E-state index contributed by atoms with van der Waals surface area (Å²) in [6.45, 7) is 10.8. The lowest BCUT2D eigenvalue weighted by Gasteiger charge is -2.19. The van der Waals surface area contributed by atoms with E-state index in [0.717, 1.165) is 23.3 Å². The van der Waals surface area contributed by atoms with Gasteiger partial charge in [0.15, 0.2) is 0 Å². The van der Waals surface area contributed by atoms with Crippen LogP contribution in [0.15, 0.2) is 36.4 Å². The molecule has 128 valence electrons. The molecule has 3 nitrogen and oxygen atoms in total. The Morgan fingerprint density at radius 2 is 1.75 bits per heavy atom. The van der Waals surface area contributed by atoms with Gasteiger partial charge in [0.1, 0.15) is 5.75 Å². The highest BCUT2D eigenvalue weighted by molar-refractivity contribution is 5.94. The topological polar surface area (TPSA) is 38.3 Å². The summed E-state index contributed by atoms with van der Waals surface area (Å²) < 4.78 is 5.54. The van der Waals surface area contributed by atoms with Gasteiger partial charge in [-0.05, 0) is 74.6 Å². The van der Waals surface area contributed by atoms with Crippen molar-refractivity contribution in [2.24, 2.45) is 0 Å². The molecule has 0 saturated carbocycles. The third-order valence-corrected chi connectivity index (χ3v) is 4.38. The van der Waals surface area contributed by atoms with E-state index >= 15 is 0 Å². The highest BCUT2D eigenvalue weighted by Crippen LogP contribution is 2.22. The quantitative estimate of drug-likeness (QED) is 0.821. The van der Waals surface area contributed by atoms with Gasteiger partial charge in [-0.25, -0.2) is 0 Å². The van der Waals surface area contributed by atoms with Crippen molar-refractivity contribution in [1.82, 2.24) is 5.32 Å². The minimum absolute atomic E-state index is 0.0173. The highest BCUT2D eigenvalue weighted by Gasteiger charge is 2.15. The number of carbonyl (C=O) groups excluding carboxylic acids is 1. The molecule has 0 spiro atoms. The number of hydrogen-bond donors (Lipinski definition) is 1. The maximum absolute atomic E-state index is 12.6. The average Bonchev–Trinajstić information content (AvgIpc) is 2.57. The van der Waals surface area contributed by atoms with Crippen LogP contribution < -0.4 is 10.1 Å². The van der Waals surface area contributed by atoms with Crippen molar-refractivity contribution in [2.75, 3.05) is 6.61 Å². The molecule has 2 rings (SSSR count). The Morgan fingerprint density at radius 3 is 2.33 bits per heavy atom. The van der Waals surface area contributed by atoms with Gasteiger partial charge in [0.25, 0.3) is 5.91 Å². The van der Waals surface area contributed by atoms with Crippen molar-refractivity contribution in [3.05, 3.63) is 64.2 Å². The number of ether oxygens (including phenoxy) is 1. The molecule has 0 aliphatic heterocycles. The van der Waals surface area contributed by atoms with Crippen molar-refractivity contribution in [3.63, 3.8) is 0 Å². The summed E-state index contributed by atoms with van der Waals surface area (Å²) in [5.41, 5.74) is 5.30. The van der Waals surface area contributed by atoms with Gasteiger partial charge in [0.05, 0.1) is 12.6 Å². The molecule has 3 heteroatoms. The number of amides is 1. The second-order valence-corrected chi connectivity index (χ2v) is 6.19. The number of hydrogen-bond acceptors (Lipinski definition) is 2. The van der Waals surface area contributed by atoms with Crippen LogP contribution in [0.3, 0.4) is 0 Å². The van der Waals surface area contributed by atoms with Crippen LogP contribution in [-0.4, -0.2) is 12.5 Å². The predicted molar refractivity (Wildman–Crippen MR) is 98.8 cm³/mol. The maximum Gasteiger partial charge on any atom is 0.251 e. The Bertz CT molecular complexity index is 722. The molecule has 2 aromatic carbocycles. The number of rotatable bonds is 6. The predicted octanol–water partition coefficient (Wildman–Crippen LogP) is 4.89. The van der Waals surface area contributed by atoms with Crippen molar-refractivity contribution in [1.29, 1.82) is 0 Å². The zero-order chi connectivity index (χ0) is 17.7. The van der Waals surface area contributed by atoms with Gasteiger partial charge in [-0.3, -0.25) is 4.79 Å². The van der Waals surface area contributed by atoms with Gasteiger partial charge < -0.3 is 10.1 Å². The zero-order valence-corrected chi connectivity index (χ0v) is 15.3. The van der Waals surface area contributed by atoms with Gasteiger partial charge in [-0.2, -0.15) is 0 Å². The first-order valence-corrected chi connectivity index (χ1v) is 8.57. The molecular weight excluding hydrogens is 298 g/mol. The van der Waals surface area contributed by atoms with Crippen molar-refractivity contribution in [2.45, 2.75) is 47.1 Å². The Labute approximate surface area is 145 Å². The number of nitrogens with one attached hydrogen (secondary N) is 1. The molecule has 0 saturated heterocycles. The molecule has 0 bridgehead atoms. The monoisotopic (exact) mass is 325 g/mol. The number of benzene rings is 2. The van der Waals surface area contributed by atoms with Crippen LogP contribution in [0.5, 0.6) is 5.75 Å². The van der Waals surface area contributed by atoms with Gasteiger partial charge >= 0.3 is 0 Å². The number of carbonyl (C=O) groups is 1. The first-order chi connectivity index (χ1) is 11.5. The molecule has 24 heavy (non-hydrogen) atoms. The smallest absolute Gasteiger partial charge is 0.251 e. The SMILES string of the molecule is CCOc1ccc(C(=O)N[C@@H](CC)c2ccc(C)c(C)c2)cc1C. The molecule has 0 aliphatic rings. The molecule has 2 aromatic rings. The van der Waals surface area contributed by atoms with E-state index in [2.05, 4.69) is 44.3 Å². The fraction of sp³-hybridized carbons (Fsp3) is 0.381. The average molecular weight is 325 g/mol. The summed E-state index contributed by atoms with van der Waals surface area (Å²) in [6, 6.07) is 12.0. The normalized spacial score (nSPS) is 11.9. The molecule has 0 radical (unpaired) electrons. The van der Waals surface area contributed by atoms with E-state index in [0.29, 0.717) is 12.2 Å². The van der Waals surface area contributed by atoms with Gasteiger partial charge in [0, 0.05) is 5.56 Å². The lowest BCUT2D eigenvalue weighted by atomic mass is 9.99. The second-order valence-electron chi connectivity index (χ2n) is 6.19. The number of aryl methyl sites for hydroxylation is 3. The molecule has 1 amide bonds. The van der Waals surface area contributed by atoms with E-state index in [9.17, 15) is 4.79 Å². The van der Waals surface area contributed by atoms with Crippen LogP contribution in [0.2, 0.25) is 0 Å². The Hall–Kier alpha value is -2.29. The third-order valence-electron chi connectivity index (χ3n) is 4.38. The molecule has 1 N–H and O–H groups in total. The van der Waals surface area contributed by atoms with E-state index in [4.69, 9.17) is 4.74 Å². The van der Waals surface area contributed by atoms with E-state index < -0.39 is 0 Å². The van der Waals surface area contributed by atoms with Crippen LogP contribution in [0.1, 0.15) is 58.9 Å². The van der Waals surface area contributed by atoms with Crippen molar-refractivity contribution < 1.29 is 9.53 Å². The summed E-state index contributed by atoms with van der Waals surface area (Å²) in [7, 11) is 0. The first-order valence-electron chi connectivity index (χ1n) is 8.57. The van der Waals surface area contributed by atoms with E-state index in [-0.39, 0.29) is 11.9 Å². The second kappa shape index (κ2) is 8.00. The largest absolute Gasteiger partial charge is 0.494 e. The van der Waals surface area contributed by atoms with Crippen molar-refractivity contribution >= 4 is 5.91 Å². The molecule has 1 atom stereocenters. The lowest BCUT2D eigenvalue weighted by molar-refractivity contribution is 0.0935. The summed E-state index contributed by atoms with van der Waals surface area (Å²) in [6.07, 6.45) is 0.851.